The molecule has 4 nitrogen and oxygen atoms in total. The third-order valence-corrected chi connectivity index (χ3v) is 3.59. The van der Waals surface area contributed by atoms with Crippen LogP contribution in [0, 0.1) is 17.8 Å². The molecule has 22 heavy (non-hydrogen) atoms. The van der Waals surface area contributed by atoms with Crippen LogP contribution < -0.4 is 0 Å². The second kappa shape index (κ2) is 11.3. The van der Waals surface area contributed by atoms with E-state index < -0.39 is 12.1 Å². The smallest absolute Gasteiger partial charge is 0.347 e. The minimum Gasteiger partial charge on any atom is -0.463 e. The minimum absolute atomic E-state index is 0.0494. The summed E-state index contributed by atoms with van der Waals surface area (Å²) in [6.07, 6.45) is 5.67. The monoisotopic (exact) mass is 312 g/mol. The summed E-state index contributed by atoms with van der Waals surface area (Å²) in [5.74, 6) is -0.492. The van der Waals surface area contributed by atoms with Gasteiger partial charge in [0.15, 0.2) is 0 Å². The predicted octanol–water partition coefficient (Wildman–Crippen LogP) is 4.14. The molecule has 0 heterocycles. The quantitative estimate of drug-likeness (QED) is 0.449. The van der Waals surface area contributed by atoms with Crippen LogP contribution in [0.5, 0.6) is 0 Å². The Kier molecular flexibility index (Phi) is 10.6. The molecule has 0 aromatic heterocycles. The fraction of sp³-hybridized carbons (Fsp3) is 0.778. The molecule has 0 aliphatic carbocycles. The molecule has 4 heteroatoms. The van der Waals surface area contributed by atoms with E-state index in [0.29, 0.717) is 12.3 Å². The Labute approximate surface area is 135 Å². The topological polar surface area (TPSA) is 52.6 Å². The van der Waals surface area contributed by atoms with Crippen LogP contribution in [0.3, 0.4) is 0 Å². The van der Waals surface area contributed by atoms with Crippen molar-refractivity contribution in [2.45, 2.75) is 66.9 Å². The molecule has 0 aromatic carbocycles. The minimum atomic E-state index is -0.806. The van der Waals surface area contributed by atoms with Crippen LogP contribution in [-0.2, 0) is 19.1 Å². The molecule has 0 fully saturated rings. The van der Waals surface area contributed by atoms with Gasteiger partial charge in [-0.3, -0.25) is 4.79 Å². The number of ether oxygens (including phenoxy) is 2. The van der Waals surface area contributed by atoms with Crippen LogP contribution in [-0.4, -0.2) is 24.6 Å². The van der Waals surface area contributed by atoms with Crippen molar-refractivity contribution in [1.29, 1.82) is 0 Å². The van der Waals surface area contributed by atoms with Crippen molar-refractivity contribution in [3.63, 3.8) is 0 Å². The standard InChI is InChI=1S/C18H32O4/c1-7-14(5)16(18(20)21-8-2)22-17(19)15(6)12-10-9-11-13(3)4/h9-10,13-16H,7-8,11-12H2,1-6H3/b10-9-. The van der Waals surface area contributed by atoms with E-state index in [1.54, 1.807) is 6.92 Å². The number of hydrogen-bond acceptors (Lipinski definition) is 4. The van der Waals surface area contributed by atoms with E-state index in [4.69, 9.17) is 9.47 Å². The van der Waals surface area contributed by atoms with Crippen molar-refractivity contribution in [2.75, 3.05) is 6.61 Å². The van der Waals surface area contributed by atoms with Crippen molar-refractivity contribution < 1.29 is 19.1 Å². The zero-order valence-corrected chi connectivity index (χ0v) is 14.9. The third-order valence-electron chi connectivity index (χ3n) is 3.59. The Morgan fingerprint density at radius 1 is 0.955 bits per heavy atom. The largest absolute Gasteiger partial charge is 0.463 e. The fourth-order valence-electron chi connectivity index (χ4n) is 1.84. The maximum atomic E-state index is 12.1. The van der Waals surface area contributed by atoms with Gasteiger partial charge in [-0.2, -0.15) is 0 Å². The van der Waals surface area contributed by atoms with Crippen LogP contribution in [0.15, 0.2) is 12.2 Å². The van der Waals surface area contributed by atoms with E-state index >= 15 is 0 Å². The Balaban J connectivity index is 4.54. The molecule has 0 amide bonds. The molecule has 0 radical (unpaired) electrons. The average molecular weight is 312 g/mol. The van der Waals surface area contributed by atoms with Crippen LogP contribution >= 0.6 is 0 Å². The Hall–Kier alpha value is -1.32. The van der Waals surface area contributed by atoms with Crippen molar-refractivity contribution in [3.05, 3.63) is 12.2 Å². The van der Waals surface area contributed by atoms with E-state index in [0.717, 1.165) is 12.8 Å². The van der Waals surface area contributed by atoms with Crippen LogP contribution in [0.1, 0.15) is 60.8 Å². The summed E-state index contributed by atoms with van der Waals surface area (Å²) < 4.78 is 10.4. The second-order valence-electron chi connectivity index (χ2n) is 6.23. The maximum absolute atomic E-state index is 12.1. The van der Waals surface area contributed by atoms with E-state index in [9.17, 15) is 9.59 Å². The van der Waals surface area contributed by atoms with Crippen molar-refractivity contribution >= 4 is 11.9 Å². The van der Waals surface area contributed by atoms with Crippen LogP contribution in [0.4, 0.5) is 0 Å². The first-order chi connectivity index (χ1) is 10.3. The van der Waals surface area contributed by atoms with E-state index in [1.807, 2.05) is 26.8 Å². The lowest BCUT2D eigenvalue weighted by Crippen LogP contribution is -2.36. The van der Waals surface area contributed by atoms with Crippen molar-refractivity contribution in [3.8, 4) is 0 Å². The molecule has 3 unspecified atom stereocenters. The summed E-state index contributed by atoms with van der Waals surface area (Å²) in [7, 11) is 0. The number of carbonyl (C=O) groups is 2. The molecule has 0 aliphatic rings. The molecule has 128 valence electrons. The summed E-state index contributed by atoms with van der Waals surface area (Å²) in [6.45, 7) is 12.0. The molecule has 0 rings (SSSR count). The van der Waals surface area contributed by atoms with Gasteiger partial charge < -0.3 is 9.47 Å². The van der Waals surface area contributed by atoms with E-state index in [-0.39, 0.29) is 24.4 Å². The highest BCUT2D eigenvalue weighted by Gasteiger charge is 2.30. The van der Waals surface area contributed by atoms with Gasteiger partial charge in [-0.1, -0.05) is 46.8 Å². The Morgan fingerprint density at radius 3 is 2.05 bits per heavy atom. The molecule has 0 aromatic rings. The van der Waals surface area contributed by atoms with Crippen molar-refractivity contribution in [1.82, 2.24) is 0 Å². The molecular formula is C18H32O4. The van der Waals surface area contributed by atoms with Gasteiger partial charge in [0.1, 0.15) is 0 Å². The number of allylic oxidation sites excluding steroid dienone is 2. The molecule has 0 saturated heterocycles. The number of rotatable bonds is 10. The van der Waals surface area contributed by atoms with E-state index in [2.05, 4.69) is 19.9 Å². The van der Waals surface area contributed by atoms with Gasteiger partial charge in [0.2, 0.25) is 6.10 Å². The normalized spacial score (nSPS) is 15.6. The highest BCUT2D eigenvalue weighted by Crippen LogP contribution is 2.17. The van der Waals surface area contributed by atoms with Gasteiger partial charge >= 0.3 is 11.9 Å². The van der Waals surface area contributed by atoms with Gasteiger partial charge in [-0.15, -0.1) is 0 Å². The molecule has 3 atom stereocenters. The average Bonchev–Trinajstić information content (AvgIpc) is 2.47. The summed E-state index contributed by atoms with van der Waals surface area (Å²) in [5.41, 5.74) is 0. The SMILES string of the molecule is CCOC(=O)C(OC(=O)C(C)C/C=C\CC(C)C)C(C)CC. The molecule has 0 N–H and O–H groups in total. The van der Waals surface area contributed by atoms with Gasteiger partial charge in [0.05, 0.1) is 12.5 Å². The van der Waals surface area contributed by atoms with Gasteiger partial charge in [-0.25, -0.2) is 4.79 Å². The lowest BCUT2D eigenvalue weighted by Gasteiger charge is -2.22. The van der Waals surface area contributed by atoms with Gasteiger partial charge in [0.25, 0.3) is 0 Å². The van der Waals surface area contributed by atoms with Crippen LogP contribution in [0.25, 0.3) is 0 Å². The molecule has 0 aliphatic heterocycles. The van der Waals surface area contributed by atoms with Gasteiger partial charge in [0, 0.05) is 5.92 Å². The number of esters is 2. The summed E-state index contributed by atoms with van der Waals surface area (Å²) in [5, 5.41) is 0. The first kappa shape index (κ1) is 20.7. The maximum Gasteiger partial charge on any atom is 0.347 e. The molecule has 0 spiro atoms. The molecule has 0 bridgehead atoms. The highest BCUT2D eigenvalue weighted by molar-refractivity contribution is 5.80. The Bertz CT molecular complexity index is 360. The first-order valence-electron chi connectivity index (χ1n) is 8.35. The first-order valence-corrected chi connectivity index (χ1v) is 8.35. The zero-order valence-electron chi connectivity index (χ0n) is 14.9. The lowest BCUT2D eigenvalue weighted by molar-refractivity contribution is -0.173. The summed E-state index contributed by atoms with van der Waals surface area (Å²) in [4.78, 5) is 24.1. The molecular weight excluding hydrogens is 280 g/mol. The van der Waals surface area contributed by atoms with E-state index in [1.165, 1.54) is 0 Å². The zero-order chi connectivity index (χ0) is 17.1. The third kappa shape index (κ3) is 8.20. The lowest BCUT2D eigenvalue weighted by atomic mass is 10.0. The second-order valence-corrected chi connectivity index (χ2v) is 6.23. The fourth-order valence-corrected chi connectivity index (χ4v) is 1.84. The highest BCUT2D eigenvalue weighted by atomic mass is 16.6. The number of carbonyl (C=O) groups excluding carboxylic acids is 2. The summed E-state index contributed by atoms with van der Waals surface area (Å²) in [6, 6.07) is 0. The van der Waals surface area contributed by atoms with Crippen LogP contribution in [0.2, 0.25) is 0 Å². The predicted molar refractivity (Wildman–Crippen MR) is 88.3 cm³/mol. The number of hydrogen-bond donors (Lipinski definition) is 0. The van der Waals surface area contributed by atoms with Crippen molar-refractivity contribution in [2.24, 2.45) is 17.8 Å². The van der Waals surface area contributed by atoms with Gasteiger partial charge in [-0.05, 0) is 32.1 Å². The molecule has 0 saturated carbocycles. The summed E-state index contributed by atoms with van der Waals surface area (Å²) >= 11 is 0. The Morgan fingerprint density at radius 2 is 1.55 bits per heavy atom.